The zero-order chi connectivity index (χ0) is 11.4. The summed E-state index contributed by atoms with van der Waals surface area (Å²) in [4.78, 5) is 11.5. The minimum absolute atomic E-state index is 0.0966. The van der Waals surface area contributed by atoms with Crippen molar-refractivity contribution in [1.82, 2.24) is 10.5 Å². The van der Waals surface area contributed by atoms with Crippen molar-refractivity contribution in [1.29, 1.82) is 0 Å². The van der Waals surface area contributed by atoms with Crippen LogP contribution in [-0.2, 0) is 0 Å². The first kappa shape index (κ1) is 11.7. The SMILES string of the molecule is CC(CO)NC(=O)c1cc(C(C)C)on1. The van der Waals surface area contributed by atoms with Gasteiger partial charge in [-0.1, -0.05) is 19.0 Å². The Balaban J connectivity index is 2.66. The van der Waals surface area contributed by atoms with Crippen molar-refractivity contribution in [2.75, 3.05) is 6.61 Å². The highest BCUT2D eigenvalue weighted by Crippen LogP contribution is 2.14. The summed E-state index contributed by atoms with van der Waals surface area (Å²) < 4.78 is 4.99. The highest BCUT2D eigenvalue weighted by molar-refractivity contribution is 5.92. The van der Waals surface area contributed by atoms with Crippen LogP contribution in [0.15, 0.2) is 10.6 Å². The second-order valence-electron chi connectivity index (χ2n) is 3.83. The van der Waals surface area contributed by atoms with E-state index in [2.05, 4.69) is 10.5 Å². The second-order valence-corrected chi connectivity index (χ2v) is 3.83. The van der Waals surface area contributed by atoms with Crippen LogP contribution in [0.5, 0.6) is 0 Å². The van der Waals surface area contributed by atoms with Gasteiger partial charge in [-0.3, -0.25) is 4.79 Å². The van der Waals surface area contributed by atoms with E-state index in [1.807, 2.05) is 13.8 Å². The summed E-state index contributed by atoms with van der Waals surface area (Å²) in [5.41, 5.74) is 0.249. The highest BCUT2D eigenvalue weighted by Gasteiger charge is 2.15. The maximum atomic E-state index is 11.5. The van der Waals surface area contributed by atoms with Crippen molar-refractivity contribution in [3.05, 3.63) is 17.5 Å². The molecule has 5 heteroatoms. The second kappa shape index (κ2) is 4.93. The van der Waals surface area contributed by atoms with E-state index in [9.17, 15) is 4.79 Å². The topological polar surface area (TPSA) is 75.4 Å². The first-order valence-corrected chi connectivity index (χ1v) is 4.93. The number of amides is 1. The average Bonchev–Trinajstić information content (AvgIpc) is 2.66. The van der Waals surface area contributed by atoms with Gasteiger partial charge in [-0.05, 0) is 6.92 Å². The zero-order valence-corrected chi connectivity index (χ0v) is 9.15. The Hall–Kier alpha value is -1.36. The number of aliphatic hydroxyl groups excluding tert-OH is 1. The number of hydrogen-bond donors (Lipinski definition) is 2. The van der Waals surface area contributed by atoms with E-state index in [-0.39, 0.29) is 30.2 Å². The van der Waals surface area contributed by atoms with Gasteiger partial charge in [-0.25, -0.2) is 0 Å². The van der Waals surface area contributed by atoms with Gasteiger partial charge in [0, 0.05) is 18.0 Å². The van der Waals surface area contributed by atoms with Crippen LogP contribution in [0.4, 0.5) is 0 Å². The molecule has 84 valence electrons. The molecule has 0 aliphatic rings. The molecule has 1 heterocycles. The van der Waals surface area contributed by atoms with E-state index >= 15 is 0 Å². The quantitative estimate of drug-likeness (QED) is 0.777. The monoisotopic (exact) mass is 212 g/mol. The molecular formula is C10H16N2O3. The zero-order valence-electron chi connectivity index (χ0n) is 9.15. The lowest BCUT2D eigenvalue weighted by Crippen LogP contribution is -2.35. The van der Waals surface area contributed by atoms with Gasteiger partial charge in [0.2, 0.25) is 0 Å². The molecule has 5 nitrogen and oxygen atoms in total. The first-order chi connectivity index (χ1) is 7.04. The van der Waals surface area contributed by atoms with Crippen LogP contribution >= 0.6 is 0 Å². The standard InChI is InChI=1S/C10H16N2O3/c1-6(2)9-4-8(12-15-9)10(14)11-7(3)5-13/h4,6-7,13H,5H2,1-3H3,(H,11,14). The summed E-state index contributed by atoms with van der Waals surface area (Å²) in [5, 5.41) is 15.0. The highest BCUT2D eigenvalue weighted by atomic mass is 16.5. The van der Waals surface area contributed by atoms with E-state index < -0.39 is 0 Å². The van der Waals surface area contributed by atoms with Crippen LogP contribution in [0.1, 0.15) is 42.9 Å². The predicted octanol–water partition coefficient (Wildman–Crippen LogP) is 0.909. The molecule has 1 aromatic heterocycles. The van der Waals surface area contributed by atoms with Crippen molar-refractivity contribution in [3.8, 4) is 0 Å². The van der Waals surface area contributed by atoms with Crippen molar-refractivity contribution in [2.45, 2.75) is 32.7 Å². The van der Waals surface area contributed by atoms with Gasteiger partial charge >= 0.3 is 0 Å². The van der Waals surface area contributed by atoms with E-state index in [0.717, 1.165) is 0 Å². The molecule has 15 heavy (non-hydrogen) atoms. The Morgan fingerprint density at radius 2 is 2.27 bits per heavy atom. The van der Waals surface area contributed by atoms with Crippen LogP contribution < -0.4 is 5.32 Å². The van der Waals surface area contributed by atoms with Crippen molar-refractivity contribution in [2.24, 2.45) is 0 Å². The fourth-order valence-electron chi connectivity index (χ4n) is 1.01. The van der Waals surface area contributed by atoms with E-state index in [1.54, 1.807) is 13.0 Å². The molecule has 0 aromatic carbocycles. The fraction of sp³-hybridized carbons (Fsp3) is 0.600. The lowest BCUT2D eigenvalue weighted by molar-refractivity contribution is 0.0913. The number of carbonyl (C=O) groups excluding carboxylic acids is 1. The molecule has 1 atom stereocenters. The fourth-order valence-corrected chi connectivity index (χ4v) is 1.01. The van der Waals surface area contributed by atoms with Gasteiger partial charge < -0.3 is 14.9 Å². The largest absolute Gasteiger partial charge is 0.394 e. The molecule has 0 radical (unpaired) electrons. The Labute approximate surface area is 88.5 Å². The summed E-state index contributed by atoms with van der Waals surface area (Å²) in [6.45, 7) is 5.53. The van der Waals surface area contributed by atoms with Crippen molar-refractivity contribution in [3.63, 3.8) is 0 Å². The Bertz CT molecular complexity index is 333. The van der Waals surface area contributed by atoms with Crippen molar-refractivity contribution < 1.29 is 14.4 Å². The minimum Gasteiger partial charge on any atom is -0.394 e. The third kappa shape index (κ3) is 3.06. The third-order valence-electron chi connectivity index (χ3n) is 1.98. The van der Waals surface area contributed by atoms with Gasteiger partial charge in [0.15, 0.2) is 5.69 Å². The molecule has 0 aliphatic heterocycles. The Morgan fingerprint density at radius 1 is 1.60 bits per heavy atom. The molecule has 1 rings (SSSR count). The number of aliphatic hydroxyl groups is 1. The van der Waals surface area contributed by atoms with E-state index in [4.69, 9.17) is 9.63 Å². The van der Waals surface area contributed by atoms with Gasteiger partial charge in [0.05, 0.1) is 6.61 Å². The molecule has 1 amide bonds. The molecule has 0 saturated carbocycles. The normalized spacial score (nSPS) is 12.9. The smallest absolute Gasteiger partial charge is 0.273 e. The summed E-state index contributed by atoms with van der Waals surface area (Å²) in [6, 6.07) is 1.33. The van der Waals surface area contributed by atoms with Crippen LogP contribution in [0.2, 0.25) is 0 Å². The molecule has 0 spiro atoms. The summed E-state index contributed by atoms with van der Waals surface area (Å²) >= 11 is 0. The van der Waals surface area contributed by atoms with Gasteiger partial charge in [-0.2, -0.15) is 0 Å². The first-order valence-electron chi connectivity index (χ1n) is 4.93. The summed E-state index contributed by atoms with van der Waals surface area (Å²) in [6.07, 6.45) is 0. The van der Waals surface area contributed by atoms with Crippen LogP contribution in [0.3, 0.4) is 0 Å². The molecule has 1 aromatic rings. The summed E-state index contributed by atoms with van der Waals surface area (Å²) in [5.74, 6) is 0.554. The molecule has 0 bridgehead atoms. The summed E-state index contributed by atoms with van der Waals surface area (Å²) in [7, 11) is 0. The van der Waals surface area contributed by atoms with Gasteiger partial charge in [0.1, 0.15) is 5.76 Å². The van der Waals surface area contributed by atoms with E-state index in [0.29, 0.717) is 5.76 Å². The number of carbonyl (C=O) groups is 1. The van der Waals surface area contributed by atoms with Crippen LogP contribution in [0.25, 0.3) is 0 Å². The van der Waals surface area contributed by atoms with Crippen LogP contribution in [-0.4, -0.2) is 28.8 Å². The lowest BCUT2D eigenvalue weighted by Gasteiger charge is -2.07. The predicted molar refractivity (Wildman–Crippen MR) is 54.6 cm³/mol. The number of nitrogens with zero attached hydrogens (tertiary/aromatic N) is 1. The number of nitrogens with one attached hydrogen (secondary N) is 1. The van der Waals surface area contributed by atoms with Gasteiger partial charge in [0.25, 0.3) is 5.91 Å². The molecule has 0 fully saturated rings. The maximum absolute atomic E-state index is 11.5. The molecule has 0 aliphatic carbocycles. The average molecular weight is 212 g/mol. The number of rotatable bonds is 4. The molecule has 0 saturated heterocycles. The Kier molecular flexibility index (Phi) is 3.85. The molecule has 1 unspecified atom stereocenters. The molecular weight excluding hydrogens is 196 g/mol. The van der Waals surface area contributed by atoms with Crippen LogP contribution in [0, 0.1) is 0 Å². The lowest BCUT2D eigenvalue weighted by atomic mass is 10.1. The van der Waals surface area contributed by atoms with Crippen molar-refractivity contribution >= 4 is 5.91 Å². The number of aromatic nitrogens is 1. The van der Waals surface area contributed by atoms with E-state index in [1.165, 1.54) is 0 Å². The maximum Gasteiger partial charge on any atom is 0.273 e. The minimum atomic E-state index is -0.327. The number of hydrogen-bond acceptors (Lipinski definition) is 4. The van der Waals surface area contributed by atoms with Gasteiger partial charge in [-0.15, -0.1) is 0 Å². The molecule has 2 N–H and O–H groups in total. The third-order valence-corrected chi connectivity index (χ3v) is 1.98. The Morgan fingerprint density at radius 3 is 2.73 bits per heavy atom.